The molecule has 0 saturated carbocycles. The summed E-state index contributed by atoms with van der Waals surface area (Å²) in [6.45, 7) is 2.47. The quantitative estimate of drug-likeness (QED) is 0.641. The maximum atomic E-state index is 11.7. The van der Waals surface area contributed by atoms with Crippen molar-refractivity contribution in [3.05, 3.63) is 23.8 Å². The monoisotopic (exact) mass is 264 g/mol. The third-order valence-corrected chi connectivity index (χ3v) is 3.37. The van der Waals surface area contributed by atoms with Gasteiger partial charge in [-0.3, -0.25) is 0 Å². The van der Waals surface area contributed by atoms with E-state index in [0.717, 1.165) is 38.3 Å². The molecule has 2 rings (SSSR count). The van der Waals surface area contributed by atoms with Crippen molar-refractivity contribution < 1.29 is 14.3 Å². The Hall–Kier alpha value is -1.75. The number of nitrogens with one attached hydrogen (secondary N) is 1. The second-order valence-electron chi connectivity index (χ2n) is 4.73. The van der Waals surface area contributed by atoms with Crippen molar-refractivity contribution in [3.63, 3.8) is 0 Å². The Labute approximate surface area is 113 Å². The molecule has 1 saturated heterocycles. The molecule has 0 unspecified atom stereocenters. The zero-order valence-electron chi connectivity index (χ0n) is 11.1. The second kappa shape index (κ2) is 6.43. The topological polar surface area (TPSA) is 73.6 Å². The normalized spacial score (nSPS) is 16.1. The average molecular weight is 264 g/mol. The van der Waals surface area contributed by atoms with Crippen molar-refractivity contribution in [2.75, 3.05) is 37.9 Å². The molecule has 0 radical (unpaired) electrons. The largest absolute Gasteiger partial charge is 0.465 e. The predicted molar refractivity (Wildman–Crippen MR) is 74.2 cm³/mol. The Kier molecular flexibility index (Phi) is 4.63. The summed E-state index contributed by atoms with van der Waals surface area (Å²) in [6.07, 6.45) is 2.10. The molecule has 5 heteroatoms. The van der Waals surface area contributed by atoms with Gasteiger partial charge in [-0.15, -0.1) is 0 Å². The number of ether oxygens (including phenoxy) is 2. The minimum Gasteiger partial charge on any atom is -0.465 e. The van der Waals surface area contributed by atoms with Gasteiger partial charge in [-0.05, 0) is 37.0 Å². The van der Waals surface area contributed by atoms with Crippen molar-refractivity contribution in [3.8, 4) is 0 Å². The van der Waals surface area contributed by atoms with E-state index in [1.807, 2.05) is 6.07 Å². The first-order valence-corrected chi connectivity index (χ1v) is 6.50. The van der Waals surface area contributed by atoms with Crippen molar-refractivity contribution in [1.82, 2.24) is 0 Å². The molecule has 19 heavy (non-hydrogen) atoms. The van der Waals surface area contributed by atoms with E-state index in [1.165, 1.54) is 7.11 Å². The summed E-state index contributed by atoms with van der Waals surface area (Å²) in [5, 5.41) is 3.31. The zero-order chi connectivity index (χ0) is 13.7. The van der Waals surface area contributed by atoms with E-state index in [0.29, 0.717) is 17.2 Å². The van der Waals surface area contributed by atoms with Gasteiger partial charge in [0, 0.05) is 31.1 Å². The van der Waals surface area contributed by atoms with Crippen LogP contribution in [0.5, 0.6) is 0 Å². The number of anilines is 2. The molecule has 1 fully saturated rings. The molecule has 0 amide bonds. The van der Waals surface area contributed by atoms with Crippen LogP contribution in [-0.4, -0.2) is 32.8 Å². The first kappa shape index (κ1) is 13.7. The number of nitrogen functional groups attached to an aromatic ring is 1. The van der Waals surface area contributed by atoms with Gasteiger partial charge in [0.25, 0.3) is 0 Å². The number of carbonyl (C=O) groups excluding carboxylic acids is 1. The van der Waals surface area contributed by atoms with Gasteiger partial charge in [0.1, 0.15) is 0 Å². The molecular weight excluding hydrogens is 244 g/mol. The summed E-state index contributed by atoms with van der Waals surface area (Å²) >= 11 is 0. The van der Waals surface area contributed by atoms with E-state index >= 15 is 0 Å². The summed E-state index contributed by atoms with van der Waals surface area (Å²) in [7, 11) is 1.37. The van der Waals surface area contributed by atoms with Crippen LogP contribution in [0.1, 0.15) is 23.2 Å². The second-order valence-corrected chi connectivity index (χ2v) is 4.73. The number of hydrogen-bond acceptors (Lipinski definition) is 5. The molecule has 0 aliphatic carbocycles. The molecule has 1 aliphatic rings. The third kappa shape index (κ3) is 3.61. The van der Waals surface area contributed by atoms with Crippen molar-refractivity contribution in [1.29, 1.82) is 0 Å². The molecule has 0 aromatic heterocycles. The van der Waals surface area contributed by atoms with Gasteiger partial charge in [-0.1, -0.05) is 0 Å². The van der Waals surface area contributed by atoms with E-state index < -0.39 is 0 Å². The van der Waals surface area contributed by atoms with Crippen LogP contribution >= 0.6 is 0 Å². The number of methoxy groups -OCH3 is 1. The Balaban J connectivity index is 2.04. The number of rotatable bonds is 4. The van der Waals surface area contributed by atoms with E-state index in [2.05, 4.69) is 5.32 Å². The van der Waals surface area contributed by atoms with Crippen LogP contribution in [0.25, 0.3) is 0 Å². The standard InChI is InChI=1S/C14H20N2O3/c1-18-14(17)12-8-11(15)2-3-13(12)16-9-10-4-6-19-7-5-10/h2-3,8,10,16H,4-7,9,15H2,1H3. The van der Waals surface area contributed by atoms with Gasteiger partial charge in [-0.2, -0.15) is 0 Å². The highest BCUT2D eigenvalue weighted by Crippen LogP contribution is 2.22. The Morgan fingerprint density at radius 3 is 2.89 bits per heavy atom. The Morgan fingerprint density at radius 2 is 2.21 bits per heavy atom. The molecule has 1 aromatic carbocycles. The maximum Gasteiger partial charge on any atom is 0.340 e. The molecular formula is C14H20N2O3. The summed E-state index contributed by atoms with van der Waals surface area (Å²) in [5.41, 5.74) is 7.51. The van der Waals surface area contributed by atoms with Crippen LogP contribution in [0, 0.1) is 5.92 Å². The maximum absolute atomic E-state index is 11.7. The van der Waals surface area contributed by atoms with Crippen LogP contribution in [0.3, 0.4) is 0 Å². The molecule has 0 atom stereocenters. The lowest BCUT2D eigenvalue weighted by molar-refractivity contribution is 0.0601. The van der Waals surface area contributed by atoms with Gasteiger partial charge in [0.2, 0.25) is 0 Å². The fraction of sp³-hybridized carbons (Fsp3) is 0.500. The average Bonchev–Trinajstić information content (AvgIpc) is 2.46. The summed E-state index contributed by atoms with van der Waals surface area (Å²) in [5.74, 6) is 0.207. The fourth-order valence-electron chi connectivity index (χ4n) is 2.20. The fourth-order valence-corrected chi connectivity index (χ4v) is 2.20. The zero-order valence-corrected chi connectivity index (χ0v) is 11.1. The van der Waals surface area contributed by atoms with E-state index in [4.69, 9.17) is 15.2 Å². The van der Waals surface area contributed by atoms with Crippen LogP contribution in [0.2, 0.25) is 0 Å². The first-order valence-electron chi connectivity index (χ1n) is 6.50. The lowest BCUT2D eigenvalue weighted by Gasteiger charge is -2.23. The minimum absolute atomic E-state index is 0.373. The van der Waals surface area contributed by atoms with Crippen molar-refractivity contribution >= 4 is 17.3 Å². The summed E-state index contributed by atoms with van der Waals surface area (Å²) in [6, 6.07) is 5.23. The van der Waals surface area contributed by atoms with Crippen molar-refractivity contribution in [2.45, 2.75) is 12.8 Å². The molecule has 3 N–H and O–H groups in total. The Morgan fingerprint density at radius 1 is 1.47 bits per heavy atom. The minimum atomic E-state index is -0.373. The number of esters is 1. The molecule has 1 heterocycles. The van der Waals surface area contributed by atoms with Crippen LogP contribution in [0.15, 0.2) is 18.2 Å². The summed E-state index contributed by atoms with van der Waals surface area (Å²) < 4.78 is 10.1. The highest BCUT2D eigenvalue weighted by molar-refractivity contribution is 5.96. The number of hydrogen-bond donors (Lipinski definition) is 2. The highest BCUT2D eigenvalue weighted by Gasteiger charge is 2.16. The predicted octanol–water partition coefficient (Wildman–Crippen LogP) is 1.89. The summed E-state index contributed by atoms with van der Waals surface area (Å²) in [4.78, 5) is 11.7. The van der Waals surface area contributed by atoms with Crippen molar-refractivity contribution in [2.24, 2.45) is 5.92 Å². The Bertz CT molecular complexity index is 442. The molecule has 104 valence electrons. The van der Waals surface area contributed by atoms with Gasteiger partial charge in [0.05, 0.1) is 12.7 Å². The van der Waals surface area contributed by atoms with Crippen LogP contribution in [0.4, 0.5) is 11.4 Å². The van der Waals surface area contributed by atoms with Crippen LogP contribution in [-0.2, 0) is 9.47 Å². The SMILES string of the molecule is COC(=O)c1cc(N)ccc1NCC1CCOCC1. The van der Waals surface area contributed by atoms with E-state index in [-0.39, 0.29) is 5.97 Å². The molecule has 5 nitrogen and oxygen atoms in total. The highest BCUT2D eigenvalue weighted by atomic mass is 16.5. The molecule has 1 aromatic rings. The van der Waals surface area contributed by atoms with Gasteiger partial charge < -0.3 is 20.5 Å². The lowest BCUT2D eigenvalue weighted by Crippen LogP contribution is -2.23. The van der Waals surface area contributed by atoms with Crippen LogP contribution < -0.4 is 11.1 Å². The number of nitrogens with two attached hydrogens (primary N) is 1. The molecule has 0 spiro atoms. The third-order valence-electron chi connectivity index (χ3n) is 3.37. The number of carbonyl (C=O) groups is 1. The lowest BCUT2D eigenvalue weighted by atomic mass is 10.00. The first-order chi connectivity index (χ1) is 9.20. The van der Waals surface area contributed by atoms with Gasteiger partial charge in [-0.25, -0.2) is 4.79 Å². The molecule has 1 aliphatic heterocycles. The number of benzene rings is 1. The van der Waals surface area contributed by atoms with Gasteiger partial charge in [0.15, 0.2) is 0 Å². The van der Waals surface area contributed by atoms with Gasteiger partial charge >= 0.3 is 5.97 Å². The molecule has 0 bridgehead atoms. The smallest absolute Gasteiger partial charge is 0.340 e. The van der Waals surface area contributed by atoms with E-state index in [1.54, 1.807) is 12.1 Å². The van der Waals surface area contributed by atoms with E-state index in [9.17, 15) is 4.79 Å².